The Kier molecular flexibility index (Phi) is 6.46. The average Bonchev–Trinajstić information content (AvgIpc) is 3.06. The van der Waals surface area contributed by atoms with E-state index in [0.29, 0.717) is 22.1 Å². The van der Waals surface area contributed by atoms with Crippen molar-refractivity contribution in [1.29, 1.82) is 0 Å². The summed E-state index contributed by atoms with van der Waals surface area (Å²) in [6.07, 6.45) is -0.0144. The van der Waals surface area contributed by atoms with Crippen molar-refractivity contribution in [2.75, 3.05) is 5.32 Å². The van der Waals surface area contributed by atoms with Crippen LogP contribution in [0.15, 0.2) is 66.3 Å². The normalized spacial score (nSPS) is 16.9. The van der Waals surface area contributed by atoms with E-state index in [2.05, 4.69) is 27.7 Å². The molecule has 3 N–H and O–H groups in total. The molecule has 1 atom stereocenters. The van der Waals surface area contributed by atoms with Gasteiger partial charge in [0.05, 0.1) is 5.70 Å². The predicted octanol–water partition coefficient (Wildman–Crippen LogP) is 2.98. The van der Waals surface area contributed by atoms with Crippen LogP contribution in [-0.2, 0) is 9.59 Å². The highest BCUT2D eigenvalue weighted by atomic mass is 32.2. The minimum absolute atomic E-state index is 0.0144. The van der Waals surface area contributed by atoms with E-state index in [-0.39, 0.29) is 24.0 Å². The molecule has 0 unspecified atom stereocenters. The molecule has 2 aromatic rings. The number of carbonyl (C=O) groups is 3. The van der Waals surface area contributed by atoms with Crippen molar-refractivity contribution in [3.63, 3.8) is 0 Å². The van der Waals surface area contributed by atoms with E-state index in [9.17, 15) is 14.4 Å². The summed E-state index contributed by atoms with van der Waals surface area (Å²) in [6, 6.07) is 16.1. The Balaban J connectivity index is 1.55. The van der Waals surface area contributed by atoms with Crippen LogP contribution in [0, 0.1) is 0 Å². The number of hydrogen-bond donors (Lipinski definition) is 3. The van der Waals surface area contributed by atoms with Crippen LogP contribution in [0.4, 0.5) is 5.69 Å². The van der Waals surface area contributed by atoms with Crippen LogP contribution < -0.4 is 16.1 Å². The fourth-order valence-corrected chi connectivity index (χ4v) is 3.54. The highest BCUT2D eigenvalue weighted by Gasteiger charge is 2.32. The van der Waals surface area contributed by atoms with Gasteiger partial charge in [0.2, 0.25) is 11.8 Å². The summed E-state index contributed by atoms with van der Waals surface area (Å²) in [5.74, 6) is -0.688. The van der Waals surface area contributed by atoms with Crippen molar-refractivity contribution in [3.8, 4) is 0 Å². The molecule has 0 bridgehead atoms. The van der Waals surface area contributed by atoms with E-state index in [1.165, 1.54) is 18.7 Å². The van der Waals surface area contributed by atoms with E-state index in [1.54, 1.807) is 24.3 Å². The zero-order valence-corrected chi connectivity index (χ0v) is 16.6. The molecule has 1 aliphatic heterocycles. The maximum atomic E-state index is 12.3. The fourth-order valence-electron chi connectivity index (χ4n) is 2.61. The SMILES string of the molecule is C=C(N/N=C1\NC(=O)[C@@H](CC(=O)Nc2cccc(C(C)=O)c2)S1)c1ccccc1. The first-order chi connectivity index (χ1) is 13.9. The fraction of sp³-hybridized carbons (Fsp3) is 0.143. The van der Waals surface area contributed by atoms with Crippen LogP contribution in [0.25, 0.3) is 5.70 Å². The standard InChI is InChI=1S/C21H20N4O3S/c1-13(15-7-4-3-5-8-15)24-25-21-23-20(28)18(29-21)12-19(27)22-17-10-6-9-16(11-17)14(2)26/h3-11,18,24H,1,12H2,2H3,(H,22,27)(H,23,25,28)/t18-/m1/s1. The Labute approximate surface area is 172 Å². The zero-order valence-electron chi connectivity index (χ0n) is 15.8. The molecule has 8 heteroatoms. The number of nitrogens with one attached hydrogen (secondary N) is 3. The summed E-state index contributed by atoms with van der Waals surface area (Å²) < 4.78 is 0. The molecule has 1 aliphatic rings. The van der Waals surface area contributed by atoms with Crippen molar-refractivity contribution >= 4 is 45.9 Å². The van der Waals surface area contributed by atoms with Crippen molar-refractivity contribution < 1.29 is 14.4 Å². The summed E-state index contributed by atoms with van der Waals surface area (Å²) in [6.45, 7) is 5.37. The quantitative estimate of drug-likeness (QED) is 0.483. The van der Waals surface area contributed by atoms with E-state index in [4.69, 9.17) is 0 Å². The Bertz CT molecular complexity index is 988. The summed E-state index contributed by atoms with van der Waals surface area (Å²) in [5, 5.41) is 9.31. The lowest BCUT2D eigenvalue weighted by Crippen LogP contribution is -2.28. The van der Waals surface area contributed by atoms with Gasteiger partial charge in [-0.2, -0.15) is 0 Å². The topological polar surface area (TPSA) is 99.7 Å². The van der Waals surface area contributed by atoms with Crippen molar-refractivity contribution in [1.82, 2.24) is 10.7 Å². The first-order valence-electron chi connectivity index (χ1n) is 8.89. The highest BCUT2D eigenvalue weighted by Crippen LogP contribution is 2.23. The molecule has 1 saturated heterocycles. The molecular formula is C21H20N4O3S. The first kappa shape index (κ1) is 20.3. The largest absolute Gasteiger partial charge is 0.326 e. The lowest BCUT2D eigenvalue weighted by Gasteiger charge is -2.08. The number of Topliss-reactive ketones (excluding diaryl/α,β-unsaturated/α-hetero) is 1. The van der Waals surface area contributed by atoms with Crippen LogP contribution >= 0.6 is 11.8 Å². The van der Waals surface area contributed by atoms with Gasteiger partial charge in [0.25, 0.3) is 0 Å². The predicted molar refractivity (Wildman–Crippen MR) is 115 cm³/mol. The van der Waals surface area contributed by atoms with Crippen LogP contribution in [0.3, 0.4) is 0 Å². The Morgan fingerprint density at radius 2 is 1.86 bits per heavy atom. The van der Waals surface area contributed by atoms with Gasteiger partial charge in [0.15, 0.2) is 11.0 Å². The molecule has 0 aromatic heterocycles. The van der Waals surface area contributed by atoms with Gasteiger partial charge in [0, 0.05) is 17.7 Å². The second-order valence-electron chi connectivity index (χ2n) is 6.36. The van der Waals surface area contributed by atoms with Gasteiger partial charge in [-0.05, 0) is 24.6 Å². The van der Waals surface area contributed by atoms with Crippen LogP contribution in [0.5, 0.6) is 0 Å². The number of rotatable bonds is 7. The summed E-state index contributed by atoms with van der Waals surface area (Å²) in [7, 11) is 0. The highest BCUT2D eigenvalue weighted by molar-refractivity contribution is 8.15. The average molecular weight is 408 g/mol. The van der Waals surface area contributed by atoms with Gasteiger partial charge in [0.1, 0.15) is 5.25 Å². The molecule has 0 radical (unpaired) electrons. The molecule has 0 spiro atoms. The summed E-state index contributed by atoms with van der Waals surface area (Å²) in [5.41, 5.74) is 5.32. The third-order valence-electron chi connectivity index (χ3n) is 4.11. The molecule has 7 nitrogen and oxygen atoms in total. The monoisotopic (exact) mass is 408 g/mol. The third kappa shape index (κ3) is 5.55. The van der Waals surface area contributed by atoms with Gasteiger partial charge in [-0.25, -0.2) is 0 Å². The van der Waals surface area contributed by atoms with E-state index >= 15 is 0 Å². The number of hydrazone groups is 1. The number of amidine groups is 1. The Morgan fingerprint density at radius 3 is 2.59 bits per heavy atom. The number of thioether (sulfide) groups is 1. The molecule has 1 heterocycles. The number of anilines is 1. The lowest BCUT2D eigenvalue weighted by molar-refractivity contribution is -0.122. The van der Waals surface area contributed by atoms with Gasteiger partial charge in [-0.15, -0.1) is 5.10 Å². The molecule has 3 rings (SSSR count). The number of ketones is 1. The molecular weight excluding hydrogens is 388 g/mol. The van der Waals surface area contributed by atoms with Gasteiger partial charge in [-0.1, -0.05) is 60.8 Å². The lowest BCUT2D eigenvalue weighted by atomic mass is 10.1. The number of benzene rings is 2. The Hall–Kier alpha value is -3.39. The van der Waals surface area contributed by atoms with E-state index in [1.807, 2.05) is 30.3 Å². The van der Waals surface area contributed by atoms with Gasteiger partial charge < -0.3 is 10.6 Å². The number of nitrogens with zero attached hydrogens (tertiary/aromatic N) is 1. The molecule has 1 fully saturated rings. The molecule has 2 amide bonds. The molecule has 29 heavy (non-hydrogen) atoms. The van der Waals surface area contributed by atoms with E-state index < -0.39 is 5.25 Å². The molecule has 2 aromatic carbocycles. The second-order valence-corrected chi connectivity index (χ2v) is 7.55. The maximum absolute atomic E-state index is 12.3. The third-order valence-corrected chi connectivity index (χ3v) is 5.20. The molecule has 148 valence electrons. The van der Waals surface area contributed by atoms with Crippen LogP contribution in [0.2, 0.25) is 0 Å². The van der Waals surface area contributed by atoms with Gasteiger partial charge >= 0.3 is 0 Å². The van der Waals surface area contributed by atoms with Crippen molar-refractivity contribution in [2.24, 2.45) is 5.10 Å². The van der Waals surface area contributed by atoms with Crippen LogP contribution in [0.1, 0.15) is 29.3 Å². The number of carbonyl (C=O) groups excluding carboxylic acids is 3. The smallest absolute Gasteiger partial charge is 0.240 e. The summed E-state index contributed by atoms with van der Waals surface area (Å²) in [4.78, 5) is 35.9. The Morgan fingerprint density at radius 1 is 1.14 bits per heavy atom. The number of amides is 2. The van der Waals surface area contributed by atoms with Crippen LogP contribution in [-0.4, -0.2) is 28.0 Å². The van der Waals surface area contributed by atoms with Gasteiger partial charge in [-0.3, -0.25) is 19.8 Å². The molecule has 0 saturated carbocycles. The van der Waals surface area contributed by atoms with Crippen molar-refractivity contribution in [3.05, 3.63) is 72.3 Å². The molecule has 0 aliphatic carbocycles. The zero-order chi connectivity index (χ0) is 20.8. The van der Waals surface area contributed by atoms with Crippen molar-refractivity contribution in [2.45, 2.75) is 18.6 Å². The summed E-state index contributed by atoms with van der Waals surface area (Å²) >= 11 is 1.17. The maximum Gasteiger partial charge on any atom is 0.240 e. The second kappa shape index (κ2) is 9.20. The first-order valence-corrected chi connectivity index (χ1v) is 9.77. The minimum Gasteiger partial charge on any atom is -0.326 e. The number of hydrogen-bond acceptors (Lipinski definition) is 6. The minimum atomic E-state index is -0.587. The van der Waals surface area contributed by atoms with E-state index in [0.717, 1.165) is 5.56 Å².